The molecule has 2 heterocycles. The van der Waals surface area contributed by atoms with E-state index in [9.17, 15) is 0 Å². The van der Waals surface area contributed by atoms with Crippen molar-refractivity contribution in [1.29, 1.82) is 0 Å². The number of amides is 4. The third kappa shape index (κ3) is 15.4. The molecule has 4 amide bonds. The Hall–Kier alpha value is -9.19. The van der Waals surface area contributed by atoms with Crippen LogP contribution in [0.4, 0.5) is 0 Å². The molecule has 2 aliphatic heterocycles. The van der Waals surface area contributed by atoms with Gasteiger partial charge in [0.05, 0.1) is 47.6 Å². The van der Waals surface area contributed by atoms with Crippen molar-refractivity contribution in [2.75, 3.05) is 82.3 Å². The molecule has 0 saturated heterocycles. The quantitative estimate of drug-likeness (QED) is 0.00885. The summed E-state index contributed by atoms with van der Waals surface area (Å²) in [4.78, 5) is 97.6. The average Bonchev–Trinajstić information content (AvgIpc) is 0.671. The summed E-state index contributed by atoms with van der Waals surface area (Å²) in [6, 6.07) is 33.3. The molecule has 0 fully saturated rings. The van der Waals surface area contributed by atoms with E-state index in [0.29, 0.717) is 23.0 Å². The van der Waals surface area contributed by atoms with Crippen LogP contribution in [0.15, 0.2) is 121 Å². The van der Waals surface area contributed by atoms with E-state index in [2.05, 4.69) is 55.4 Å². The van der Waals surface area contributed by atoms with Crippen LogP contribution in [0.2, 0.25) is 12.1 Å². The molecule has 0 aliphatic carbocycles. The van der Waals surface area contributed by atoms with Crippen LogP contribution in [0.5, 0.6) is 46.0 Å². The summed E-state index contributed by atoms with van der Waals surface area (Å²) >= 11 is 0. The highest BCUT2D eigenvalue weighted by Crippen LogP contribution is 2.58. The Balaban J connectivity index is 1.31. The van der Waals surface area contributed by atoms with Gasteiger partial charge in [-0.3, -0.25) is 29.0 Å². The highest BCUT2D eigenvalue weighted by Gasteiger charge is 2.48. The number of hydrogen-bond acceptors (Lipinski definition) is 20. The van der Waals surface area contributed by atoms with E-state index in [-0.39, 0.29) is 177 Å². The second-order valence-corrected chi connectivity index (χ2v) is 33.6. The maximum absolute atomic E-state index is 16.4. The monoisotopic (exact) mass is 1480 g/mol. The third-order valence-corrected chi connectivity index (χ3v) is 25.2. The summed E-state index contributed by atoms with van der Waals surface area (Å²) in [5, 5.41) is 1.84. The minimum Gasteiger partial charge on any atom is -0.464 e. The molecule has 9 aromatic rings. The van der Waals surface area contributed by atoms with Gasteiger partial charge in [0.25, 0.3) is 23.6 Å². The molecule has 0 spiro atoms. The predicted molar refractivity (Wildman–Crippen MR) is 406 cm³/mol. The number of benzene rings is 9. The highest BCUT2D eigenvalue weighted by atomic mass is 28.4. The Morgan fingerprint density at radius 2 is 0.604 bits per heavy atom. The number of imide groups is 2. The van der Waals surface area contributed by atoms with Crippen LogP contribution in [0, 0.1) is 0 Å². The molecule has 11 rings (SSSR count). The maximum Gasteiger partial charge on any atom is 0.503 e. The lowest BCUT2D eigenvalue weighted by Gasteiger charge is -2.35. The molecule has 0 aromatic heterocycles. The Labute approximate surface area is 620 Å². The van der Waals surface area contributed by atoms with E-state index >= 15 is 28.8 Å². The fourth-order valence-corrected chi connectivity index (χ4v) is 16.9. The summed E-state index contributed by atoms with van der Waals surface area (Å²) in [5.41, 5.74) is 3.49. The maximum atomic E-state index is 16.4. The standard InChI is InChI=1S/C82H94N2O20Si2/c1-17-97-33-31-63(81(89)99-35-37-105(91-11,92-12)93-13)83-77(85)59-43-65(101-55-27-19-23-51(39-55)47(3)4)71-73-67(103-57-29-21-25-53(41-57)49(7)8)45-61-70-62(80(88)84(79(61)87)64(32-34-98-18-2)82(90)100-36-38-106(94-14,95-15)96-16)46-68(104-58-30-22-26-54(42-58)50(9)10)74(76(70)73)72-66(44-60(78(83)86)69(59)75(71)72)102-56-28-20-24-52(40-56)48(5)6/h19-30,39-50,63-64H,17-18,31-38H2,1-16H3. The predicted octanol–water partition coefficient (Wildman–Crippen LogP) is 17.0. The molecule has 0 saturated carbocycles. The second-order valence-electron chi connectivity index (χ2n) is 27.4. The van der Waals surface area contributed by atoms with Crippen LogP contribution >= 0.6 is 0 Å². The van der Waals surface area contributed by atoms with Gasteiger partial charge in [0.2, 0.25) is 0 Å². The second kappa shape index (κ2) is 33.3. The number of esters is 2. The van der Waals surface area contributed by atoms with Crippen molar-refractivity contribution < 1.29 is 93.2 Å². The molecule has 2 unspecified atom stereocenters. The van der Waals surface area contributed by atoms with E-state index in [4.69, 9.17) is 64.5 Å². The SMILES string of the molecule is CCOCCC(C(=O)OCC[Si](OC)(OC)OC)N1C(=O)c2cc(Oc3cccc(C(C)C)c3)c3c4c(Oc5cccc(C(C)C)c5)cc5c6c(cc(Oc7cccc(C(C)C)c7)c(c7c(Oc8cccc(C(C)C)c8)cc(c2c37)C1=O)c64)C(=O)N(C(CCOCC)C(=O)OCC[Si](OC)(OC)OC)C5=O. The van der Waals surface area contributed by atoms with Gasteiger partial charge < -0.3 is 64.5 Å². The molecular formula is C82H94N2O20Si2. The van der Waals surface area contributed by atoms with E-state index in [1.54, 1.807) is 62.4 Å². The molecule has 0 radical (unpaired) electrons. The first-order valence-electron chi connectivity index (χ1n) is 36.0. The number of carbonyl (C=O) groups is 6. The van der Waals surface area contributed by atoms with Crippen molar-refractivity contribution in [3.8, 4) is 46.0 Å². The smallest absolute Gasteiger partial charge is 0.464 e. The first-order valence-corrected chi connectivity index (χ1v) is 39.8. The molecule has 560 valence electrons. The van der Waals surface area contributed by atoms with E-state index in [1.165, 1.54) is 42.7 Å². The summed E-state index contributed by atoms with van der Waals surface area (Å²) in [5.74, 6) is -3.55. The fourth-order valence-electron chi connectivity index (χ4n) is 13.9. The van der Waals surface area contributed by atoms with Crippen molar-refractivity contribution >= 4 is 96.3 Å². The van der Waals surface area contributed by atoms with Crippen LogP contribution in [0.25, 0.3) is 43.1 Å². The lowest BCUT2D eigenvalue weighted by molar-refractivity contribution is -0.149. The Kier molecular flexibility index (Phi) is 24.5. The van der Waals surface area contributed by atoms with Gasteiger partial charge in [-0.05, 0) is 133 Å². The minimum atomic E-state index is -3.32. The third-order valence-electron chi connectivity index (χ3n) is 19.8. The van der Waals surface area contributed by atoms with Gasteiger partial charge in [-0.15, -0.1) is 0 Å². The number of rotatable bonds is 36. The molecule has 2 atom stereocenters. The Bertz CT molecular complexity index is 4230. The summed E-state index contributed by atoms with van der Waals surface area (Å²) in [6.45, 7) is 19.9. The lowest BCUT2D eigenvalue weighted by atomic mass is 9.80. The number of nitrogens with zero attached hydrogens (tertiary/aromatic N) is 2. The Morgan fingerprint density at radius 1 is 0.349 bits per heavy atom. The molecule has 2 aliphatic rings. The van der Waals surface area contributed by atoms with Gasteiger partial charge in [-0.25, -0.2) is 9.59 Å². The fraction of sp³-hybridized carbons (Fsp3) is 0.390. The van der Waals surface area contributed by atoms with Gasteiger partial charge in [-0.2, -0.15) is 0 Å². The average molecular weight is 1480 g/mol. The van der Waals surface area contributed by atoms with Crippen LogP contribution in [-0.2, 0) is 55.1 Å². The topological polar surface area (TPSA) is 238 Å². The van der Waals surface area contributed by atoms with Crippen molar-refractivity contribution in [1.82, 2.24) is 9.80 Å². The molecule has 9 aromatic carbocycles. The zero-order valence-corrected chi connectivity index (χ0v) is 65.1. The van der Waals surface area contributed by atoms with Crippen molar-refractivity contribution in [2.24, 2.45) is 0 Å². The van der Waals surface area contributed by atoms with Gasteiger partial charge in [0.1, 0.15) is 58.1 Å². The lowest BCUT2D eigenvalue weighted by Crippen LogP contribution is -2.52. The van der Waals surface area contributed by atoms with Crippen LogP contribution < -0.4 is 18.9 Å². The van der Waals surface area contributed by atoms with E-state index in [0.717, 1.165) is 32.1 Å². The zero-order chi connectivity index (χ0) is 76.1. The van der Waals surface area contributed by atoms with E-state index in [1.807, 2.05) is 72.8 Å². The van der Waals surface area contributed by atoms with Crippen molar-refractivity contribution in [3.05, 3.63) is 166 Å². The van der Waals surface area contributed by atoms with Gasteiger partial charge >= 0.3 is 29.5 Å². The zero-order valence-electron chi connectivity index (χ0n) is 63.1. The van der Waals surface area contributed by atoms with Crippen molar-refractivity contribution in [3.63, 3.8) is 0 Å². The number of carbonyl (C=O) groups excluding carboxylic acids is 6. The molecule has 24 heteroatoms. The first kappa shape index (κ1) is 77.9. The van der Waals surface area contributed by atoms with Gasteiger partial charge in [0.15, 0.2) is 0 Å². The molecule has 0 bridgehead atoms. The highest BCUT2D eigenvalue weighted by molar-refractivity contribution is 6.61. The minimum absolute atomic E-state index is 0.0251. The van der Waals surface area contributed by atoms with Gasteiger partial charge in [0, 0.05) is 125 Å². The van der Waals surface area contributed by atoms with E-state index < -0.39 is 65.3 Å². The largest absolute Gasteiger partial charge is 0.503 e. The first-order chi connectivity index (χ1) is 50.9. The van der Waals surface area contributed by atoms with Crippen LogP contribution in [0.3, 0.4) is 0 Å². The van der Waals surface area contributed by atoms with Crippen LogP contribution in [0.1, 0.15) is 169 Å². The number of hydrogen-bond donors (Lipinski definition) is 0. The molecule has 22 nitrogen and oxygen atoms in total. The summed E-state index contributed by atoms with van der Waals surface area (Å²) in [7, 11) is 2.01. The molecule has 0 N–H and O–H groups in total. The summed E-state index contributed by atoms with van der Waals surface area (Å²) < 4.78 is 87.1. The van der Waals surface area contributed by atoms with Crippen molar-refractivity contribution in [2.45, 2.75) is 130 Å². The molecule has 106 heavy (non-hydrogen) atoms. The number of ether oxygens (including phenoxy) is 8. The summed E-state index contributed by atoms with van der Waals surface area (Å²) in [6.07, 6.45) is -0.340. The molecular weight excluding hydrogens is 1390 g/mol. The van der Waals surface area contributed by atoms with Crippen LogP contribution in [-0.4, -0.2) is 157 Å². The Morgan fingerprint density at radius 3 is 0.830 bits per heavy atom. The normalized spacial score (nSPS) is 14.0. The number of fused-ring (bicyclic) bond motifs is 2. The van der Waals surface area contributed by atoms with Gasteiger partial charge in [-0.1, -0.05) is 104 Å².